The predicted octanol–water partition coefficient (Wildman–Crippen LogP) is 2.34. The van der Waals surface area contributed by atoms with Gasteiger partial charge in [0.25, 0.3) is 5.91 Å². The lowest BCUT2D eigenvalue weighted by Gasteiger charge is -2.39. The Bertz CT molecular complexity index is 859. The largest absolute Gasteiger partial charge is 0.450 e. The second kappa shape index (κ2) is 11.5. The van der Waals surface area contributed by atoms with E-state index in [4.69, 9.17) is 4.74 Å². The lowest BCUT2D eigenvalue weighted by atomic mass is 9.81. The van der Waals surface area contributed by atoms with Gasteiger partial charge in [-0.3, -0.25) is 9.69 Å². The highest BCUT2D eigenvalue weighted by Crippen LogP contribution is 2.30. The van der Waals surface area contributed by atoms with Gasteiger partial charge in [-0.15, -0.1) is 11.3 Å². The quantitative estimate of drug-likeness (QED) is 0.363. The summed E-state index contributed by atoms with van der Waals surface area (Å²) in [6.45, 7) is 8.89. The summed E-state index contributed by atoms with van der Waals surface area (Å²) in [5, 5.41) is 17.2. The van der Waals surface area contributed by atoms with Crippen molar-refractivity contribution in [3.05, 3.63) is 15.6 Å². The van der Waals surface area contributed by atoms with E-state index in [0.29, 0.717) is 24.5 Å². The van der Waals surface area contributed by atoms with Gasteiger partial charge in [0.15, 0.2) is 5.01 Å². The van der Waals surface area contributed by atoms with Crippen LogP contribution in [0.4, 0.5) is 4.79 Å². The van der Waals surface area contributed by atoms with Crippen molar-refractivity contribution in [1.82, 2.24) is 25.4 Å². The van der Waals surface area contributed by atoms with E-state index in [1.54, 1.807) is 4.90 Å². The normalized spacial score (nSPS) is 24.4. The molecule has 34 heavy (non-hydrogen) atoms. The summed E-state index contributed by atoms with van der Waals surface area (Å²) in [7, 11) is 4.46. The van der Waals surface area contributed by atoms with E-state index < -0.39 is 20.4 Å². The minimum atomic E-state index is -1.29. The number of carbonyl (C=O) groups is 2. The summed E-state index contributed by atoms with van der Waals surface area (Å²) < 4.78 is 5.44. The van der Waals surface area contributed by atoms with Crippen LogP contribution in [-0.4, -0.2) is 92.6 Å². The Morgan fingerprint density at radius 3 is 2.68 bits per heavy atom. The molecule has 2 amide bonds. The third-order valence-corrected chi connectivity index (χ3v) is 9.45. The SMILES string of the molecule is CN1CCc2nc(C(=O)N[C@@H]3C[C@@H](C(O)N(C)C)CC[C@@H]3NC(=O)OCC[Si](C)(C)C)sc2C1. The number of likely N-dealkylation sites (N-methyl/N-ethyl adjacent to an activating group) is 1. The fourth-order valence-corrected chi connectivity index (χ4v) is 6.33. The van der Waals surface area contributed by atoms with Gasteiger partial charge in [-0.1, -0.05) is 19.6 Å². The van der Waals surface area contributed by atoms with E-state index in [2.05, 4.69) is 47.2 Å². The number of aromatic nitrogens is 1. The average Bonchev–Trinajstić information content (AvgIpc) is 3.16. The monoisotopic (exact) mass is 511 g/mol. The highest BCUT2D eigenvalue weighted by molar-refractivity contribution is 7.13. The van der Waals surface area contributed by atoms with Gasteiger partial charge in [0.1, 0.15) is 6.23 Å². The molecule has 1 fully saturated rings. The number of nitrogens with one attached hydrogen (secondary N) is 2. The first kappa shape index (κ1) is 27.1. The molecule has 9 nitrogen and oxygen atoms in total. The Kier molecular flexibility index (Phi) is 9.13. The number of ether oxygens (including phenoxy) is 1. The van der Waals surface area contributed by atoms with Crippen LogP contribution in [0.5, 0.6) is 0 Å². The maximum Gasteiger partial charge on any atom is 0.407 e. The van der Waals surface area contributed by atoms with Crippen LogP contribution in [0.25, 0.3) is 0 Å². The van der Waals surface area contributed by atoms with Crippen LogP contribution >= 0.6 is 11.3 Å². The molecule has 11 heteroatoms. The van der Waals surface area contributed by atoms with Crippen LogP contribution < -0.4 is 10.6 Å². The molecule has 1 aromatic rings. The highest BCUT2D eigenvalue weighted by atomic mass is 32.1. The summed E-state index contributed by atoms with van der Waals surface area (Å²) in [4.78, 5) is 35.4. The predicted molar refractivity (Wildman–Crippen MR) is 137 cm³/mol. The van der Waals surface area contributed by atoms with Gasteiger partial charge in [0.2, 0.25) is 0 Å². The number of carbonyl (C=O) groups excluding carboxylic acids is 2. The van der Waals surface area contributed by atoms with Crippen molar-refractivity contribution in [2.75, 3.05) is 34.3 Å². The van der Waals surface area contributed by atoms with E-state index >= 15 is 0 Å². The minimum Gasteiger partial charge on any atom is -0.450 e. The number of aliphatic hydroxyl groups excluding tert-OH is 1. The van der Waals surface area contributed by atoms with Gasteiger partial charge in [-0.25, -0.2) is 9.78 Å². The number of aliphatic hydroxyl groups is 1. The second-order valence-corrected chi connectivity index (χ2v) is 17.8. The van der Waals surface area contributed by atoms with Crippen LogP contribution in [0, 0.1) is 5.92 Å². The van der Waals surface area contributed by atoms with Crippen molar-refractivity contribution in [3.63, 3.8) is 0 Å². The molecule has 3 rings (SSSR count). The second-order valence-electron chi connectivity index (χ2n) is 11.1. The number of rotatable bonds is 8. The van der Waals surface area contributed by atoms with Crippen molar-refractivity contribution in [3.8, 4) is 0 Å². The molecule has 0 bridgehead atoms. The Balaban J connectivity index is 1.66. The van der Waals surface area contributed by atoms with Crippen molar-refractivity contribution < 1.29 is 19.4 Å². The molecular formula is C23H41N5O4SSi. The average molecular weight is 512 g/mol. The van der Waals surface area contributed by atoms with Crippen LogP contribution in [0.2, 0.25) is 25.7 Å². The van der Waals surface area contributed by atoms with Crippen molar-refractivity contribution in [2.45, 2.75) is 76.2 Å². The Morgan fingerprint density at radius 1 is 1.26 bits per heavy atom. The molecule has 1 saturated carbocycles. The molecule has 0 aromatic carbocycles. The van der Waals surface area contributed by atoms with Crippen LogP contribution in [-0.2, 0) is 17.7 Å². The van der Waals surface area contributed by atoms with Gasteiger partial charge in [-0.2, -0.15) is 0 Å². The van der Waals surface area contributed by atoms with Gasteiger partial charge >= 0.3 is 6.09 Å². The standard InChI is InChI=1S/C23H41N5O4SSi/c1-27(2)22(30)15-7-8-16(26-23(31)32-11-12-34(4,5)6)18(13-15)24-20(29)21-25-17-9-10-28(3)14-19(17)33-21/h15-16,18,22,30H,7-14H2,1-6H3,(H,24,29)(H,26,31)/t15-,16-,18+,22?/m0/s1. The molecule has 1 unspecified atom stereocenters. The number of thiazole rings is 1. The first-order chi connectivity index (χ1) is 15.9. The van der Waals surface area contributed by atoms with E-state index in [9.17, 15) is 14.7 Å². The minimum absolute atomic E-state index is 0.000545. The van der Waals surface area contributed by atoms with E-state index in [1.807, 2.05) is 14.1 Å². The smallest absolute Gasteiger partial charge is 0.407 e. The fourth-order valence-electron chi connectivity index (χ4n) is 4.52. The molecule has 2 aliphatic rings. The Hall–Kier alpha value is -1.53. The van der Waals surface area contributed by atoms with Crippen molar-refractivity contribution in [1.29, 1.82) is 0 Å². The summed E-state index contributed by atoms with van der Waals surface area (Å²) in [5.74, 6) is -0.217. The van der Waals surface area contributed by atoms with E-state index in [0.717, 1.165) is 42.5 Å². The van der Waals surface area contributed by atoms with E-state index in [-0.39, 0.29) is 23.9 Å². The first-order valence-electron chi connectivity index (χ1n) is 12.2. The molecule has 0 radical (unpaired) electrons. The zero-order valence-electron chi connectivity index (χ0n) is 21.4. The zero-order chi connectivity index (χ0) is 25.0. The summed E-state index contributed by atoms with van der Waals surface area (Å²) in [6.07, 6.45) is 1.78. The maximum atomic E-state index is 13.1. The van der Waals surface area contributed by atoms with E-state index in [1.165, 1.54) is 11.3 Å². The molecule has 0 spiro atoms. The molecule has 1 aliphatic carbocycles. The van der Waals surface area contributed by atoms with Gasteiger partial charge < -0.3 is 25.4 Å². The van der Waals surface area contributed by atoms with Gasteiger partial charge in [-0.05, 0) is 46.4 Å². The van der Waals surface area contributed by atoms with Crippen LogP contribution in [0.15, 0.2) is 0 Å². The van der Waals surface area contributed by atoms with Crippen molar-refractivity contribution in [2.24, 2.45) is 5.92 Å². The zero-order valence-corrected chi connectivity index (χ0v) is 23.2. The third-order valence-electron chi connectivity index (χ3n) is 6.66. The number of hydrogen-bond donors (Lipinski definition) is 3. The highest BCUT2D eigenvalue weighted by Gasteiger charge is 2.37. The maximum absolute atomic E-state index is 13.1. The molecule has 1 aliphatic heterocycles. The third kappa shape index (κ3) is 7.48. The lowest BCUT2D eigenvalue weighted by Crippen LogP contribution is -2.56. The number of hydrogen-bond acceptors (Lipinski definition) is 8. The Morgan fingerprint density at radius 2 is 2.00 bits per heavy atom. The number of nitrogens with zero attached hydrogens (tertiary/aromatic N) is 3. The summed E-state index contributed by atoms with van der Waals surface area (Å²) >= 11 is 1.45. The summed E-state index contributed by atoms with van der Waals surface area (Å²) in [5.41, 5.74) is 1.01. The lowest BCUT2D eigenvalue weighted by molar-refractivity contribution is -0.0300. The Labute approximate surface area is 208 Å². The molecule has 192 valence electrons. The number of amides is 2. The topological polar surface area (TPSA) is 107 Å². The molecule has 4 atom stereocenters. The van der Waals surface area contributed by atoms with Crippen LogP contribution in [0.1, 0.15) is 39.6 Å². The van der Waals surface area contributed by atoms with Gasteiger partial charge in [0, 0.05) is 44.4 Å². The molecule has 3 N–H and O–H groups in total. The molecular weight excluding hydrogens is 470 g/mol. The first-order valence-corrected chi connectivity index (χ1v) is 16.7. The molecule has 0 saturated heterocycles. The fraction of sp³-hybridized carbons (Fsp3) is 0.783. The summed E-state index contributed by atoms with van der Waals surface area (Å²) in [6, 6.07) is 0.343. The van der Waals surface area contributed by atoms with Crippen LogP contribution in [0.3, 0.4) is 0 Å². The molecule has 1 aromatic heterocycles. The number of alkyl carbamates (subject to hydrolysis) is 1. The number of fused-ring (bicyclic) bond motifs is 1. The molecule has 2 heterocycles. The van der Waals surface area contributed by atoms with Gasteiger partial charge in [0.05, 0.1) is 18.3 Å². The van der Waals surface area contributed by atoms with Crippen molar-refractivity contribution >= 4 is 31.4 Å².